The van der Waals surface area contributed by atoms with E-state index in [1.807, 2.05) is 29.7 Å². The molecule has 0 unspecified atom stereocenters. The molecule has 96 valence electrons. The summed E-state index contributed by atoms with van der Waals surface area (Å²) in [5.74, 6) is 0. The van der Waals surface area contributed by atoms with Crippen LogP contribution in [-0.4, -0.2) is 11.2 Å². The van der Waals surface area contributed by atoms with Crippen LogP contribution >= 0.6 is 0 Å². The van der Waals surface area contributed by atoms with Gasteiger partial charge in [0.25, 0.3) is 0 Å². The van der Waals surface area contributed by atoms with Gasteiger partial charge in [-0.25, -0.2) is 4.79 Å². The molecule has 0 aromatic heterocycles. The van der Waals surface area contributed by atoms with Crippen molar-refractivity contribution in [3.05, 3.63) is 59.2 Å². The molecule has 0 saturated carbocycles. The Bertz CT molecular complexity index is 637. The van der Waals surface area contributed by atoms with Crippen LogP contribution in [0.5, 0.6) is 0 Å². The lowest BCUT2D eigenvalue weighted by Gasteiger charge is -2.08. The molecule has 2 aromatic carbocycles. The van der Waals surface area contributed by atoms with Crippen LogP contribution in [0.2, 0.25) is 0 Å². The van der Waals surface area contributed by atoms with Crippen LogP contribution in [0.1, 0.15) is 16.7 Å². The summed E-state index contributed by atoms with van der Waals surface area (Å²) in [6.45, 7) is 0.240. The van der Waals surface area contributed by atoms with Crippen LogP contribution in [0.4, 0.5) is 4.79 Å². The standard InChI is InChI=1S/C15H13NO3/c17-15(18)16-19-9-11-5-3-7-13-12-6-2-1-4-10(12)8-14(11)13/h1-7,16H,8-9H2,(H,17,18). The molecule has 0 radical (unpaired) electrons. The molecule has 19 heavy (non-hydrogen) atoms. The average molecular weight is 255 g/mol. The third-order valence-electron chi connectivity index (χ3n) is 3.33. The number of hydroxylamine groups is 1. The first kappa shape index (κ1) is 11.7. The summed E-state index contributed by atoms with van der Waals surface area (Å²) in [5, 5.41) is 8.49. The number of rotatable bonds is 3. The summed E-state index contributed by atoms with van der Waals surface area (Å²) < 4.78 is 0. The van der Waals surface area contributed by atoms with Gasteiger partial charge in [-0.2, -0.15) is 5.48 Å². The van der Waals surface area contributed by atoms with Gasteiger partial charge >= 0.3 is 6.09 Å². The molecule has 0 saturated heterocycles. The van der Waals surface area contributed by atoms with Gasteiger partial charge in [0.2, 0.25) is 0 Å². The number of hydrogen-bond acceptors (Lipinski definition) is 2. The molecule has 2 N–H and O–H groups in total. The summed E-state index contributed by atoms with van der Waals surface area (Å²) in [6, 6.07) is 14.3. The number of fused-ring (bicyclic) bond motifs is 3. The average Bonchev–Trinajstić information content (AvgIpc) is 2.78. The lowest BCUT2D eigenvalue weighted by molar-refractivity contribution is 0.0312. The summed E-state index contributed by atoms with van der Waals surface area (Å²) in [7, 11) is 0. The second kappa shape index (κ2) is 4.74. The van der Waals surface area contributed by atoms with E-state index in [2.05, 4.69) is 18.2 Å². The first-order valence-electron chi connectivity index (χ1n) is 6.05. The smallest absolute Gasteiger partial charge is 0.428 e. The van der Waals surface area contributed by atoms with Gasteiger partial charge in [0.1, 0.15) is 6.61 Å². The fourth-order valence-electron chi connectivity index (χ4n) is 2.53. The van der Waals surface area contributed by atoms with Gasteiger partial charge in [-0.3, -0.25) is 4.84 Å². The van der Waals surface area contributed by atoms with Gasteiger partial charge < -0.3 is 5.11 Å². The van der Waals surface area contributed by atoms with Crippen LogP contribution in [0.3, 0.4) is 0 Å². The van der Waals surface area contributed by atoms with E-state index < -0.39 is 6.09 Å². The van der Waals surface area contributed by atoms with E-state index in [9.17, 15) is 4.79 Å². The molecule has 0 spiro atoms. The number of amides is 1. The van der Waals surface area contributed by atoms with E-state index in [0.717, 1.165) is 12.0 Å². The minimum absolute atomic E-state index is 0.240. The first-order chi connectivity index (χ1) is 9.25. The number of carboxylic acid groups (broad SMARTS) is 1. The van der Waals surface area contributed by atoms with Crippen molar-refractivity contribution in [2.45, 2.75) is 13.0 Å². The van der Waals surface area contributed by atoms with Gasteiger partial charge in [0.05, 0.1) is 0 Å². The minimum Gasteiger partial charge on any atom is -0.464 e. The maximum Gasteiger partial charge on any atom is 0.428 e. The van der Waals surface area contributed by atoms with Crippen LogP contribution < -0.4 is 5.48 Å². The van der Waals surface area contributed by atoms with Crippen LogP contribution in [-0.2, 0) is 17.9 Å². The Morgan fingerprint density at radius 1 is 1.16 bits per heavy atom. The van der Waals surface area contributed by atoms with E-state index in [4.69, 9.17) is 9.94 Å². The van der Waals surface area contributed by atoms with Crippen molar-refractivity contribution in [2.75, 3.05) is 0 Å². The Kier molecular flexibility index (Phi) is 2.93. The molecule has 1 amide bonds. The molecule has 0 aliphatic heterocycles. The third-order valence-corrected chi connectivity index (χ3v) is 3.33. The SMILES string of the molecule is O=C(O)NOCc1cccc2c1Cc1ccccc1-2. The van der Waals surface area contributed by atoms with Gasteiger partial charge in [-0.15, -0.1) is 0 Å². The van der Waals surface area contributed by atoms with Gasteiger partial charge in [0.15, 0.2) is 0 Å². The maximum atomic E-state index is 10.4. The predicted octanol–water partition coefficient (Wildman–Crippen LogP) is 2.96. The van der Waals surface area contributed by atoms with Crippen LogP contribution in [0.25, 0.3) is 11.1 Å². The number of hydrogen-bond donors (Lipinski definition) is 2. The zero-order valence-electron chi connectivity index (χ0n) is 10.2. The van der Waals surface area contributed by atoms with Crippen molar-refractivity contribution in [1.29, 1.82) is 0 Å². The zero-order valence-corrected chi connectivity index (χ0v) is 10.2. The molecule has 0 heterocycles. The number of benzene rings is 2. The van der Waals surface area contributed by atoms with E-state index in [0.29, 0.717) is 0 Å². The predicted molar refractivity (Wildman–Crippen MR) is 70.6 cm³/mol. The largest absolute Gasteiger partial charge is 0.464 e. The summed E-state index contributed by atoms with van der Waals surface area (Å²) in [6.07, 6.45) is -0.311. The Labute approximate surface area is 110 Å². The van der Waals surface area contributed by atoms with E-state index in [-0.39, 0.29) is 6.61 Å². The van der Waals surface area contributed by atoms with Crippen molar-refractivity contribution < 1.29 is 14.7 Å². The second-order valence-electron chi connectivity index (χ2n) is 4.47. The Hall–Kier alpha value is -2.33. The molecule has 4 heteroatoms. The van der Waals surface area contributed by atoms with E-state index in [1.54, 1.807) is 0 Å². The Morgan fingerprint density at radius 2 is 1.95 bits per heavy atom. The van der Waals surface area contributed by atoms with Gasteiger partial charge in [-0.05, 0) is 34.2 Å². The molecule has 0 atom stereocenters. The highest BCUT2D eigenvalue weighted by atomic mass is 16.7. The van der Waals surface area contributed by atoms with Crippen molar-refractivity contribution in [2.24, 2.45) is 0 Å². The highest BCUT2D eigenvalue weighted by Gasteiger charge is 2.20. The minimum atomic E-state index is -1.18. The lowest BCUT2D eigenvalue weighted by Crippen LogP contribution is -2.21. The highest BCUT2D eigenvalue weighted by molar-refractivity contribution is 5.77. The maximum absolute atomic E-state index is 10.4. The Morgan fingerprint density at radius 3 is 2.79 bits per heavy atom. The summed E-state index contributed by atoms with van der Waals surface area (Å²) in [4.78, 5) is 15.3. The van der Waals surface area contributed by atoms with E-state index >= 15 is 0 Å². The molecular formula is C15H13NO3. The molecule has 3 rings (SSSR count). The third kappa shape index (κ3) is 2.18. The van der Waals surface area contributed by atoms with Crippen LogP contribution in [0.15, 0.2) is 42.5 Å². The number of nitrogens with one attached hydrogen (secondary N) is 1. The molecular weight excluding hydrogens is 242 g/mol. The lowest BCUT2D eigenvalue weighted by atomic mass is 10.0. The quantitative estimate of drug-likeness (QED) is 0.707. The Balaban J connectivity index is 1.88. The molecule has 4 nitrogen and oxygen atoms in total. The van der Waals surface area contributed by atoms with Crippen LogP contribution in [0, 0.1) is 0 Å². The highest BCUT2D eigenvalue weighted by Crippen LogP contribution is 2.38. The van der Waals surface area contributed by atoms with E-state index in [1.165, 1.54) is 22.3 Å². The summed E-state index contributed by atoms with van der Waals surface area (Å²) in [5.41, 5.74) is 7.93. The van der Waals surface area contributed by atoms with Crippen molar-refractivity contribution in [3.63, 3.8) is 0 Å². The van der Waals surface area contributed by atoms with Crippen molar-refractivity contribution in [1.82, 2.24) is 5.48 Å². The topological polar surface area (TPSA) is 58.6 Å². The fourth-order valence-corrected chi connectivity index (χ4v) is 2.53. The first-order valence-corrected chi connectivity index (χ1v) is 6.05. The molecule has 1 aliphatic rings. The molecule has 2 aromatic rings. The summed E-state index contributed by atoms with van der Waals surface area (Å²) >= 11 is 0. The molecule has 0 bridgehead atoms. The molecule has 0 fully saturated rings. The second-order valence-corrected chi connectivity index (χ2v) is 4.47. The van der Waals surface area contributed by atoms with Crippen molar-refractivity contribution in [3.8, 4) is 11.1 Å². The normalized spacial score (nSPS) is 11.8. The van der Waals surface area contributed by atoms with Crippen molar-refractivity contribution >= 4 is 6.09 Å². The fraction of sp³-hybridized carbons (Fsp3) is 0.133. The molecule has 1 aliphatic carbocycles. The van der Waals surface area contributed by atoms with Gasteiger partial charge in [-0.1, -0.05) is 42.5 Å². The van der Waals surface area contributed by atoms with Gasteiger partial charge in [0, 0.05) is 0 Å². The monoisotopic (exact) mass is 255 g/mol. The zero-order chi connectivity index (χ0) is 13.2. The number of carbonyl (C=O) groups is 1.